The summed E-state index contributed by atoms with van der Waals surface area (Å²) in [5.74, 6) is -0.834. The van der Waals surface area contributed by atoms with Crippen molar-refractivity contribution in [1.29, 1.82) is 0 Å². The first-order valence-corrected chi connectivity index (χ1v) is 4.91. The van der Waals surface area contributed by atoms with Crippen LogP contribution in [-0.4, -0.2) is 11.1 Å². The van der Waals surface area contributed by atoms with Crippen LogP contribution in [0.5, 0.6) is 0 Å². The van der Waals surface area contributed by atoms with E-state index >= 15 is 0 Å². The van der Waals surface area contributed by atoms with Gasteiger partial charge >= 0.3 is 5.97 Å². The molecule has 0 aliphatic rings. The molecule has 0 radical (unpaired) electrons. The summed E-state index contributed by atoms with van der Waals surface area (Å²) in [5, 5.41) is 9.64. The van der Waals surface area contributed by atoms with Gasteiger partial charge in [-0.05, 0) is 24.1 Å². The fraction of sp³-hybridized carbons (Fsp3) is 0.250. The number of fused-ring (bicyclic) bond motifs is 1. The summed E-state index contributed by atoms with van der Waals surface area (Å²) in [6.45, 7) is 2.07. The van der Waals surface area contributed by atoms with Crippen LogP contribution in [0.3, 0.4) is 0 Å². The number of rotatable bonds is 3. The summed E-state index contributed by atoms with van der Waals surface area (Å²) in [6.07, 6.45) is 2.48. The van der Waals surface area contributed by atoms with E-state index in [4.69, 9.17) is 9.52 Å². The van der Waals surface area contributed by atoms with Crippen molar-refractivity contribution in [3.05, 3.63) is 35.6 Å². The maximum absolute atomic E-state index is 10.6. The third kappa shape index (κ3) is 1.86. The quantitative estimate of drug-likeness (QED) is 0.836. The molecule has 0 saturated carbocycles. The van der Waals surface area contributed by atoms with Crippen LogP contribution in [0.4, 0.5) is 0 Å². The minimum absolute atomic E-state index is 0.0141. The van der Waals surface area contributed by atoms with Crippen LogP contribution in [-0.2, 0) is 17.6 Å². The van der Waals surface area contributed by atoms with Gasteiger partial charge in [-0.2, -0.15) is 0 Å². The highest BCUT2D eigenvalue weighted by Crippen LogP contribution is 2.23. The first-order chi connectivity index (χ1) is 7.20. The molecule has 1 aromatic carbocycles. The number of hydrogen-bond donors (Lipinski definition) is 1. The van der Waals surface area contributed by atoms with Crippen molar-refractivity contribution >= 4 is 16.9 Å². The SMILES string of the molecule is CCc1ccc2occ(CC(=O)O)c2c1. The van der Waals surface area contributed by atoms with Crippen molar-refractivity contribution in [2.75, 3.05) is 0 Å². The molecule has 1 aromatic heterocycles. The third-order valence-electron chi connectivity index (χ3n) is 2.47. The van der Waals surface area contributed by atoms with Crippen LogP contribution < -0.4 is 0 Å². The predicted octanol–water partition coefficient (Wildman–Crippen LogP) is 2.62. The van der Waals surface area contributed by atoms with Crippen molar-refractivity contribution in [2.45, 2.75) is 19.8 Å². The highest BCUT2D eigenvalue weighted by Gasteiger charge is 2.09. The van der Waals surface area contributed by atoms with Gasteiger partial charge in [-0.15, -0.1) is 0 Å². The number of aryl methyl sites for hydroxylation is 1. The van der Waals surface area contributed by atoms with Crippen LogP contribution in [0, 0.1) is 0 Å². The Hall–Kier alpha value is -1.77. The van der Waals surface area contributed by atoms with E-state index in [1.54, 1.807) is 0 Å². The lowest BCUT2D eigenvalue weighted by molar-refractivity contribution is -0.136. The number of furan rings is 1. The number of hydrogen-bond acceptors (Lipinski definition) is 2. The second-order valence-corrected chi connectivity index (χ2v) is 3.52. The molecule has 0 saturated heterocycles. The van der Waals surface area contributed by atoms with Crippen molar-refractivity contribution in [3.8, 4) is 0 Å². The highest BCUT2D eigenvalue weighted by atomic mass is 16.4. The second kappa shape index (κ2) is 3.77. The Morgan fingerprint density at radius 1 is 1.47 bits per heavy atom. The molecule has 2 rings (SSSR count). The molecule has 2 aromatic rings. The Labute approximate surface area is 87.3 Å². The lowest BCUT2D eigenvalue weighted by Crippen LogP contribution is -1.98. The first-order valence-electron chi connectivity index (χ1n) is 4.91. The van der Waals surface area contributed by atoms with Gasteiger partial charge in [-0.25, -0.2) is 0 Å². The minimum atomic E-state index is -0.834. The Morgan fingerprint density at radius 3 is 2.93 bits per heavy atom. The molecule has 0 aliphatic carbocycles. The van der Waals surface area contributed by atoms with Crippen LogP contribution in [0.2, 0.25) is 0 Å². The van der Waals surface area contributed by atoms with Crippen molar-refractivity contribution in [2.24, 2.45) is 0 Å². The Morgan fingerprint density at radius 2 is 2.27 bits per heavy atom. The Bertz CT molecular complexity index is 497. The first kappa shape index (κ1) is 9.77. The van der Waals surface area contributed by atoms with Gasteiger partial charge in [0.15, 0.2) is 0 Å². The molecule has 1 N–H and O–H groups in total. The molecule has 0 unspecified atom stereocenters. The van der Waals surface area contributed by atoms with E-state index in [-0.39, 0.29) is 6.42 Å². The fourth-order valence-electron chi connectivity index (χ4n) is 1.65. The van der Waals surface area contributed by atoms with Crippen LogP contribution >= 0.6 is 0 Å². The second-order valence-electron chi connectivity index (χ2n) is 3.52. The standard InChI is InChI=1S/C12H12O3/c1-2-8-3-4-11-10(5-8)9(7-15-11)6-12(13)14/h3-5,7H,2,6H2,1H3,(H,13,14). The number of carboxylic acid groups (broad SMARTS) is 1. The van der Waals surface area contributed by atoms with Gasteiger partial charge in [-0.3, -0.25) is 4.79 Å². The molecule has 0 amide bonds. The van der Waals surface area contributed by atoms with E-state index in [2.05, 4.69) is 6.92 Å². The molecule has 0 aliphatic heterocycles. The fourth-order valence-corrected chi connectivity index (χ4v) is 1.65. The lowest BCUT2D eigenvalue weighted by Gasteiger charge is -1.97. The molecular weight excluding hydrogens is 192 g/mol. The molecule has 0 atom stereocenters. The minimum Gasteiger partial charge on any atom is -0.481 e. The number of benzene rings is 1. The highest BCUT2D eigenvalue weighted by molar-refractivity contribution is 5.85. The maximum atomic E-state index is 10.6. The average molecular weight is 204 g/mol. The summed E-state index contributed by atoms with van der Waals surface area (Å²) in [7, 11) is 0. The van der Waals surface area contributed by atoms with E-state index in [1.807, 2.05) is 18.2 Å². The lowest BCUT2D eigenvalue weighted by atomic mass is 10.1. The van der Waals surface area contributed by atoms with E-state index in [0.717, 1.165) is 23.0 Å². The topological polar surface area (TPSA) is 50.4 Å². The summed E-state index contributed by atoms with van der Waals surface area (Å²) in [5.41, 5.74) is 2.69. The van der Waals surface area contributed by atoms with Gasteiger partial charge in [0.2, 0.25) is 0 Å². The monoisotopic (exact) mass is 204 g/mol. The van der Waals surface area contributed by atoms with E-state index in [0.29, 0.717) is 0 Å². The van der Waals surface area contributed by atoms with E-state index in [9.17, 15) is 4.79 Å². The van der Waals surface area contributed by atoms with Gasteiger partial charge < -0.3 is 9.52 Å². The third-order valence-corrected chi connectivity index (χ3v) is 2.47. The summed E-state index contributed by atoms with van der Waals surface area (Å²) in [4.78, 5) is 10.6. The zero-order valence-electron chi connectivity index (χ0n) is 8.49. The van der Waals surface area contributed by atoms with Gasteiger partial charge in [-0.1, -0.05) is 13.0 Å². The number of carbonyl (C=O) groups is 1. The Balaban J connectivity index is 2.51. The van der Waals surface area contributed by atoms with E-state index < -0.39 is 5.97 Å². The summed E-state index contributed by atoms with van der Waals surface area (Å²) in [6, 6.07) is 5.88. The number of aliphatic carboxylic acids is 1. The van der Waals surface area contributed by atoms with Crippen molar-refractivity contribution < 1.29 is 14.3 Å². The van der Waals surface area contributed by atoms with E-state index in [1.165, 1.54) is 11.8 Å². The zero-order chi connectivity index (χ0) is 10.8. The molecule has 0 spiro atoms. The van der Waals surface area contributed by atoms with Crippen LogP contribution in [0.1, 0.15) is 18.1 Å². The molecule has 15 heavy (non-hydrogen) atoms. The van der Waals surface area contributed by atoms with Crippen LogP contribution in [0.15, 0.2) is 28.9 Å². The molecule has 3 heteroatoms. The van der Waals surface area contributed by atoms with Crippen molar-refractivity contribution in [3.63, 3.8) is 0 Å². The average Bonchev–Trinajstić information content (AvgIpc) is 2.60. The Kier molecular flexibility index (Phi) is 2.46. The van der Waals surface area contributed by atoms with Crippen molar-refractivity contribution in [1.82, 2.24) is 0 Å². The van der Waals surface area contributed by atoms with Gasteiger partial charge in [0.1, 0.15) is 5.58 Å². The van der Waals surface area contributed by atoms with Gasteiger partial charge in [0.25, 0.3) is 0 Å². The molecule has 0 bridgehead atoms. The molecule has 3 nitrogen and oxygen atoms in total. The zero-order valence-corrected chi connectivity index (χ0v) is 8.49. The molecule has 0 fully saturated rings. The normalized spacial score (nSPS) is 10.7. The maximum Gasteiger partial charge on any atom is 0.307 e. The predicted molar refractivity (Wildman–Crippen MR) is 56.9 cm³/mol. The number of carboxylic acids is 1. The summed E-state index contributed by atoms with van der Waals surface area (Å²) >= 11 is 0. The smallest absolute Gasteiger partial charge is 0.307 e. The summed E-state index contributed by atoms with van der Waals surface area (Å²) < 4.78 is 5.29. The van der Waals surface area contributed by atoms with Gasteiger partial charge in [0.05, 0.1) is 12.7 Å². The molecule has 78 valence electrons. The molecular formula is C12H12O3. The van der Waals surface area contributed by atoms with Crippen LogP contribution in [0.25, 0.3) is 11.0 Å². The largest absolute Gasteiger partial charge is 0.481 e. The van der Waals surface area contributed by atoms with Gasteiger partial charge in [0, 0.05) is 10.9 Å². The molecule has 1 heterocycles.